The number of halogens is 3. The van der Waals surface area contributed by atoms with Gasteiger partial charge in [-0.25, -0.2) is 23.2 Å². The second kappa shape index (κ2) is 5.99. The van der Waals surface area contributed by atoms with Crippen molar-refractivity contribution in [3.8, 4) is 0 Å². The predicted octanol–water partition coefficient (Wildman–Crippen LogP) is 1.14. The van der Waals surface area contributed by atoms with Gasteiger partial charge in [-0.3, -0.25) is 14.4 Å². The van der Waals surface area contributed by atoms with Crippen LogP contribution < -0.4 is 5.32 Å². The number of nitrogens with one attached hydrogen (secondary N) is 1. The molecule has 2 atom stereocenters. The van der Waals surface area contributed by atoms with Gasteiger partial charge in [0.25, 0.3) is 5.91 Å². The lowest BCUT2D eigenvalue weighted by Crippen LogP contribution is -2.43. The molecule has 23 heavy (non-hydrogen) atoms. The van der Waals surface area contributed by atoms with E-state index in [1.54, 1.807) is 0 Å². The summed E-state index contributed by atoms with van der Waals surface area (Å²) in [6, 6.07) is 1.48. The molecule has 1 aliphatic rings. The van der Waals surface area contributed by atoms with E-state index in [4.69, 9.17) is 0 Å². The van der Waals surface area contributed by atoms with E-state index < -0.39 is 52.7 Å². The summed E-state index contributed by atoms with van der Waals surface area (Å²) in [6.07, 6.45) is 0. The van der Waals surface area contributed by atoms with Crippen LogP contribution in [0.2, 0.25) is 0 Å². The molecule has 0 radical (unpaired) electrons. The molecular weight excluding hydrogens is 315 g/mol. The van der Waals surface area contributed by atoms with Crippen molar-refractivity contribution >= 4 is 23.4 Å². The standard InChI is InChI=1S/C14H14F3N3O3/c1-6-9(14(23)20(13(6)22)19(2)3)12(21)18-8-5-4-7(15)10(16)11(8)17/h4-6,9H,1-3H3,(H,18,21). The van der Waals surface area contributed by atoms with E-state index in [0.717, 1.165) is 11.1 Å². The minimum atomic E-state index is -1.74. The molecule has 2 rings (SSSR count). The number of nitrogens with zero attached hydrogens (tertiary/aromatic N) is 2. The molecule has 1 saturated heterocycles. The van der Waals surface area contributed by atoms with Crippen LogP contribution in [0.15, 0.2) is 12.1 Å². The molecule has 2 unspecified atom stereocenters. The lowest BCUT2D eigenvalue weighted by atomic mass is 9.96. The number of hydrazine groups is 1. The van der Waals surface area contributed by atoms with Crippen LogP contribution in [0, 0.1) is 29.3 Å². The van der Waals surface area contributed by atoms with Crippen LogP contribution in [-0.4, -0.2) is 41.8 Å². The van der Waals surface area contributed by atoms with Crippen molar-refractivity contribution in [2.24, 2.45) is 11.8 Å². The van der Waals surface area contributed by atoms with Gasteiger partial charge < -0.3 is 5.32 Å². The number of imide groups is 1. The molecule has 6 nitrogen and oxygen atoms in total. The summed E-state index contributed by atoms with van der Waals surface area (Å²) in [7, 11) is 2.91. The summed E-state index contributed by atoms with van der Waals surface area (Å²) in [5.41, 5.74) is -0.607. The average molecular weight is 329 g/mol. The molecule has 0 spiro atoms. The first-order chi connectivity index (χ1) is 10.7. The lowest BCUT2D eigenvalue weighted by molar-refractivity contribution is -0.154. The number of rotatable bonds is 3. The molecule has 0 aromatic heterocycles. The monoisotopic (exact) mass is 329 g/mol. The second-order valence-electron chi connectivity index (χ2n) is 5.31. The zero-order valence-corrected chi connectivity index (χ0v) is 12.6. The molecule has 0 aliphatic carbocycles. The molecule has 1 aromatic rings. The van der Waals surface area contributed by atoms with Crippen LogP contribution >= 0.6 is 0 Å². The normalized spacial score (nSPS) is 21.3. The fourth-order valence-electron chi connectivity index (χ4n) is 2.36. The fourth-order valence-corrected chi connectivity index (χ4v) is 2.36. The van der Waals surface area contributed by atoms with Gasteiger partial charge in [-0.15, -0.1) is 0 Å². The van der Waals surface area contributed by atoms with E-state index in [2.05, 4.69) is 0 Å². The molecule has 0 bridgehead atoms. The van der Waals surface area contributed by atoms with E-state index in [9.17, 15) is 27.6 Å². The Kier molecular flexibility index (Phi) is 4.42. The Labute approximate surface area is 129 Å². The molecule has 1 heterocycles. The topological polar surface area (TPSA) is 69.7 Å². The lowest BCUT2D eigenvalue weighted by Gasteiger charge is -2.21. The highest BCUT2D eigenvalue weighted by Crippen LogP contribution is 2.28. The van der Waals surface area contributed by atoms with Crippen molar-refractivity contribution in [1.82, 2.24) is 10.0 Å². The van der Waals surface area contributed by atoms with E-state index in [1.807, 2.05) is 5.32 Å². The summed E-state index contributed by atoms with van der Waals surface area (Å²) in [5.74, 6) is -9.37. The van der Waals surface area contributed by atoms with Crippen LogP contribution in [0.3, 0.4) is 0 Å². The highest BCUT2D eigenvalue weighted by Gasteiger charge is 2.50. The van der Waals surface area contributed by atoms with Crippen molar-refractivity contribution < 1.29 is 27.6 Å². The van der Waals surface area contributed by atoms with Gasteiger partial charge in [-0.05, 0) is 12.1 Å². The molecule has 0 saturated carbocycles. The zero-order valence-electron chi connectivity index (χ0n) is 12.6. The Hall–Kier alpha value is -2.42. The summed E-state index contributed by atoms with van der Waals surface area (Å²) in [4.78, 5) is 36.4. The zero-order chi connectivity index (χ0) is 17.5. The number of hydrogen-bond donors (Lipinski definition) is 1. The van der Waals surface area contributed by atoms with Gasteiger partial charge in [0.15, 0.2) is 17.5 Å². The van der Waals surface area contributed by atoms with Gasteiger partial charge in [0.2, 0.25) is 11.8 Å². The molecule has 1 N–H and O–H groups in total. The highest BCUT2D eigenvalue weighted by molar-refractivity contribution is 6.17. The summed E-state index contributed by atoms with van der Waals surface area (Å²) >= 11 is 0. The van der Waals surface area contributed by atoms with Crippen molar-refractivity contribution in [3.63, 3.8) is 0 Å². The number of hydrogen-bond acceptors (Lipinski definition) is 4. The maximum atomic E-state index is 13.6. The number of carbonyl (C=O) groups excluding carboxylic acids is 3. The predicted molar refractivity (Wildman–Crippen MR) is 73.1 cm³/mol. The highest BCUT2D eigenvalue weighted by atomic mass is 19.2. The van der Waals surface area contributed by atoms with Crippen LogP contribution in [0.5, 0.6) is 0 Å². The number of carbonyl (C=O) groups is 3. The number of benzene rings is 1. The van der Waals surface area contributed by atoms with Gasteiger partial charge in [0.05, 0.1) is 11.6 Å². The maximum absolute atomic E-state index is 13.6. The third kappa shape index (κ3) is 2.79. The van der Waals surface area contributed by atoms with Gasteiger partial charge in [0, 0.05) is 14.1 Å². The molecule has 1 aliphatic heterocycles. The van der Waals surface area contributed by atoms with Gasteiger partial charge in [0.1, 0.15) is 5.92 Å². The average Bonchev–Trinajstić information content (AvgIpc) is 2.69. The van der Waals surface area contributed by atoms with Gasteiger partial charge >= 0.3 is 0 Å². The van der Waals surface area contributed by atoms with Crippen LogP contribution in [-0.2, 0) is 14.4 Å². The number of amides is 3. The summed E-state index contributed by atoms with van der Waals surface area (Å²) < 4.78 is 39.6. The van der Waals surface area contributed by atoms with Crippen molar-refractivity contribution in [2.75, 3.05) is 19.4 Å². The third-order valence-electron chi connectivity index (χ3n) is 3.55. The molecule has 9 heteroatoms. The molecule has 1 aromatic carbocycles. The smallest absolute Gasteiger partial charge is 0.257 e. The minimum Gasteiger partial charge on any atom is -0.323 e. The Morgan fingerprint density at radius 2 is 1.74 bits per heavy atom. The molecule has 1 fully saturated rings. The first kappa shape index (κ1) is 16.9. The molecular formula is C14H14F3N3O3. The largest absolute Gasteiger partial charge is 0.323 e. The molecule has 3 amide bonds. The van der Waals surface area contributed by atoms with Crippen LogP contribution in [0.4, 0.5) is 18.9 Å². The van der Waals surface area contributed by atoms with Crippen molar-refractivity contribution in [2.45, 2.75) is 6.92 Å². The van der Waals surface area contributed by atoms with Crippen molar-refractivity contribution in [1.29, 1.82) is 0 Å². The first-order valence-corrected chi connectivity index (χ1v) is 6.66. The van der Waals surface area contributed by atoms with Crippen molar-refractivity contribution in [3.05, 3.63) is 29.6 Å². The Balaban J connectivity index is 2.26. The second-order valence-corrected chi connectivity index (χ2v) is 5.31. The van der Waals surface area contributed by atoms with E-state index in [-0.39, 0.29) is 0 Å². The SMILES string of the molecule is CC1C(=O)N(N(C)C)C(=O)C1C(=O)Nc1ccc(F)c(F)c1F. The van der Waals surface area contributed by atoms with Gasteiger partial charge in [-0.2, -0.15) is 0 Å². The van der Waals surface area contributed by atoms with Crippen LogP contribution in [0.25, 0.3) is 0 Å². The van der Waals surface area contributed by atoms with Crippen LogP contribution in [0.1, 0.15) is 6.92 Å². The van der Waals surface area contributed by atoms with E-state index in [0.29, 0.717) is 6.07 Å². The molecule has 124 valence electrons. The minimum absolute atomic E-state index is 0.578. The fraction of sp³-hybridized carbons (Fsp3) is 0.357. The van der Waals surface area contributed by atoms with E-state index >= 15 is 0 Å². The number of anilines is 1. The quantitative estimate of drug-likeness (QED) is 0.513. The maximum Gasteiger partial charge on any atom is 0.257 e. The Bertz CT molecular complexity index is 693. The summed E-state index contributed by atoms with van der Waals surface area (Å²) in [5, 5.41) is 4.05. The van der Waals surface area contributed by atoms with E-state index in [1.165, 1.54) is 26.0 Å². The third-order valence-corrected chi connectivity index (χ3v) is 3.55. The van der Waals surface area contributed by atoms with Gasteiger partial charge in [-0.1, -0.05) is 6.92 Å². The first-order valence-electron chi connectivity index (χ1n) is 6.66. The summed E-state index contributed by atoms with van der Waals surface area (Å²) in [6.45, 7) is 1.38. The Morgan fingerprint density at radius 3 is 2.26 bits per heavy atom. The Morgan fingerprint density at radius 1 is 1.13 bits per heavy atom.